The van der Waals surface area contributed by atoms with Crippen LogP contribution < -0.4 is 15.5 Å². The number of nitrogens with zero attached hydrogens (tertiary/aromatic N) is 1. The molecule has 0 heterocycles. The van der Waals surface area contributed by atoms with Gasteiger partial charge < -0.3 is 10.1 Å². The summed E-state index contributed by atoms with van der Waals surface area (Å²) in [5, 5.41) is 6.49. The predicted molar refractivity (Wildman–Crippen MR) is 109 cm³/mol. The first-order valence-electron chi connectivity index (χ1n) is 8.20. The maximum absolute atomic E-state index is 12.1. The van der Waals surface area contributed by atoms with Gasteiger partial charge >= 0.3 is 0 Å². The minimum absolute atomic E-state index is 0.178. The first-order valence-corrected chi connectivity index (χ1v) is 8.99. The van der Waals surface area contributed by atoms with Gasteiger partial charge in [-0.1, -0.05) is 46.8 Å². The molecule has 0 aliphatic rings. The number of aryl methyl sites for hydroxylation is 1. The summed E-state index contributed by atoms with van der Waals surface area (Å²) in [6.45, 7) is 5.63. The summed E-state index contributed by atoms with van der Waals surface area (Å²) in [6, 6.07) is 12.6. The fourth-order valence-corrected chi connectivity index (χ4v) is 2.58. The van der Waals surface area contributed by atoms with Crippen molar-refractivity contribution in [1.29, 1.82) is 0 Å². The molecule has 0 aliphatic heterocycles. The Morgan fingerprint density at radius 2 is 2.04 bits per heavy atom. The number of benzene rings is 2. The van der Waals surface area contributed by atoms with Gasteiger partial charge in [0.25, 0.3) is 11.8 Å². The number of hydrazone groups is 1. The van der Waals surface area contributed by atoms with Crippen LogP contribution in [0.1, 0.15) is 21.5 Å². The second kappa shape index (κ2) is 10.3. The molecular formula is C20H20BrN3O3. The third-order valence-electron chi connectivity index (χ3n) is 3.52. The van der Waals surface area contributed by atoms with Gasteiger partial charge in [0.05, 0.1) is 12.8 Å². The molecule has 2 N–H and O–H groups in total. The van der Waals surface area contributed by atoms with E-state index in [1.165, 1.54) is 6.21 Å². The molecule has 2 rings (SSSR count). The van der Waals surface area contributed by atoms with Crippen LogP contribution in [0, 0.1) is 6.92 Å². The molecule has 0 fully saturated rings. The molecule has 0 saturated carbocycles. The summed E-state index contributed by atoms with van der Waals surface area (Å²) >= 11 is 3.38. The second-order valence-corrected chi connectivity index (χ2v) is 6.49. The van der Waals surface area contributed by atoms with E-state index in [1.807, 2.05) is 31.2 Å². The fourth-order valence-electron chi connectivity index (χ4n) is 2.20. The molecule has 140 valence electrons. The molecule has 0 aliphatic carbocycles. The zero-order chi connectivity index (χ0) is 19.6. The number of ether oxygens (including phenoxy) is 1. The van der Waals surface area contributed by atoms with Gasteiger partial charge in [-0.3, -0.25) is 9.59 Å². The highest BCUT2D eigenvalue weighted by Crippen LogP contribution is 2.21. The van der Waals surface area contributed by atoms with E-state index in [0.717, 1.165) is 10.0 Å². The van der Waals surface area contributed by atoms with E-state index in [4.69, 9.17) is 4.74 Å². The minimum atomic E-state index is -0.434. The van der Waals surface area contributed by atoms with Gasteiger partial charge in [-0.25, -0.2) is 5.43 Å². The van der Waals surface area contributed by atoms with Crippen molar-refractivity contribution in [1.82, 2.24) is 10.7 Å². The first kappa shape index (κ1) is 20.4. The molecule has 6 nitrogen and oxygen atoms in total. The molecule has 0 aromatic heterocycles. The lowest BCUT2D eigenvalue weighted by Crippen LogP contribution is -2.35. The molecule has 2 amide bonds. The monoisotopic (exact) mass is 429 g/mol. The Balaban J connectivity index is 1.90. The number of amides is 2. The van der Waals surface area contributed by atoms with E-state index in [-0.39, 0.29) is 12.5 Å². The van der Waals surface area contributed by atoms with Crippen LogP contribution in [-0.2, 0) is 4.79 Å². The SMILES string of the molecule is C=CCOc1ccc(Br)cc1/C=N/NC(=O)CNC(=O)c1ccccc1C. The van der Waals surface area contributed by atoms with Crippen LogP contribution in [0.2, 0.25) is 0 Å². The van der Waals surface area contributed by atoms with Crippen molar-refractivity contribution in [2.24, 2.45) is 5.10 Å². The van der Waals surface area contributed by atoms with Gasteiger partial charge in [0.1, 0.15) is 12.4 Å². The summed E-state index contributed by atoms with van der Waals surface area (Å²) in [5.74, 6) is -0.125. The summed E-state index contributed by atoms with van der Waals surface area (Å²) in [4.78, 5) is 24.0. The Hall–Kier alpha value is -2.93. The number of rotatable bonds is 8. The van der Waals surface area contributed by atoms with Crippen molar-refractivity contribution in [2.45, 2.75) is 6.92 Å². The summed E-state index contributed by atoms with van der Waals surface area (Å²) in [6.07, 6.45) is 3.12. The van der Waals surface area contributed by atoms with Gasteiger partial charge in [0.15, 0.2) is 0 Å². The van der Waals surface area contributed by atoms with Crippen molar-refractivity contribution in [3.05, 3.63) is 76.3 Å². The molecule has 2 aromatic rings. The first-order chi connectivity index (χ1) is 13.0. The highest BCUT2D eigenvalue weighted by atomic mass is 79.9. The highest BCUT2D eigenvalue weighted by Gasteiger charge is 2.09. The summed E-state index contributed by atoms with van der Waals surface area (Å²) in [7, 11) is 0. The third-order valence-corrected chi connectivity index (χ3v) is 4.01. The Morgan fingerprint density at radius 1 is 1.26 bits per heavy atom. The maximum atomic E-state index is 12.1. The largest absolute Gasteiger partial charge is 0.489 e. The molecule has 7 heteroatoms. The Kier molecular flexibility index (Phi) is 7.76. The zero-order valence-corrected chi connectivity index (χ0v) is 16.5. The van der Waals surface area contributed by atoms with Crippen LogP contribution in [0.3, 0.4) is 0 Å². The zero-order valence-electron chi connectivity index (χ0n) is 14.9. The Morgan fingerprint density at radius 3 is 2.78 bits per heavy atom. The molecule has 2 aromatic carbocycles. The van der Waals surface area contributed by atoms with E-state index in [2.05, 4.69) is 38.4 Å². The van der Waals surface area contributed by atoms with Crippen LogP contribution in [0.5, 0.6) is 5.75 Å². The number of hydrogen-bond donors (Lipinski definition) is 2. The molecule has 0 unspecified atom stereocenters. The van der Waals surface area contributed by atoms with E-state index in [9.17, 15) is 9.59 Å². The van der Waals surface area contributed by atoms with Crippen LogP contribution in [-0.4, -0.2) is 31.2 Å². The average Bonchev–Trinajstić information content (AvgIpc) is 2.66. The smallest absolute Gasteiger partial charge is 0.259 e. The van der Waals surface area contributed by atoms with E-state index < -0.39 is 5.91 Å². The molecule has 27 heavy (non-hydrogen) atoms. The van der Waals surface area contributed by atoms with Crippen LogP contribution in [0.4, 0.5) is 0 Å². The summed E-state index contributed by atoms with van der Waals surface area (Å²) in [5.41, 5.74) is 4.45. The Labute approximate surface area is 166 Å². The number of nitrogens with one attached hydrogen (secondary N) is 2. The lowest BCUT2D eigenvalue weighted by atomic mass is 10.1. The van der Waals surface area contributed by atoms with Gasteiger partial charge in [0, 0.05) is 15.6 Å². The van der Waals surface area contributed by atoms with Crippen molar-refractivity contribution in [3.8, 4) is 5.75 Å². The fraction of sp³-hybridized carbons (Fsp3) is 0.150. The van der Waals surface area contributed by atoms with E-state index in [0.29, 0.717) is 23.5 Å². The van der Waals surface area contributed by atoms with Crippen LogP contribution >= 0.6 is 15.9 Å². The average molecular weight is 430 g/mol. The maximum Gasteiger partial charge on any atom is 0.259 e. The molecule has 0 spiro atoms. The highest BCUT2D eigenvalue weighted by molar-refractivity contribution is 9.10. The van der Waals surface area contributed by atoms with Crippen molar-refractivity contribution in [2.75, 3.05) is 13.2 Å². The second-order valence-electron chi connectivity index (χ2n) is 5.57. The molecule has 0 bridgehead atoms. The van der Waals surface area contributed by atoms with E-state index in [1.54, 1.807) is 24.3 Å². The minimum Gasteiger partial charge on any atom is -0.489 e. The lowest BCUT2D eigenvalue weighted by Gasteiger charge is -2.08. The topological polar surface area (TPSA) is 79.8 Å². The predicted octanol–water partition coefficient (Wildman–Crippen LogP) is 3.20. The Bertz CT molecular complexity index is 865. The van der Waals surface area contributed by atoms with Crippen molar-refractivity contribution in [3.63, 3.8) is 0 Å². The molecule has 0 radical (unpaired) electrons. The number of carbonyl (C=O) groups is 2. The van der Waals surface area contributed by atoms with Gasteiger partial charge in [0.2, 0.25) is 0 Å². The molecule has 0 atom stereocenters. The van der Waals surface area contributed by atoms with Crippen LogP contribution in [0.25, 0.3) is 0 Å². The molecule has 0 saturated heterocycles. The lowest BCUT2D eigenvalue weighted by molar-refractivity contribution is -0.120. The van der Waals surface area contributed by atoms with Gasteiger partial charge in [-0.2, -0.15) is 5.10 Å². The van der Waals surface area contributed by atoms with Gasteiger partial charge in [-0.15, -0.1) is 0 Å². The number of hydrogen-bond acceptors (Lipinski definition) is 4. The normalized spacial score (nSPS) is 10.4. The summed E-state index contributed by atoms with van der Waals surface area (Å²) < 4.78 is 6.39. The number of halogens is 1. The van der Waals surface area contributed by atoms with Crippen molar-refractivity contribution < 1.29 is 14.3 Å². The van der Waals surface area contributed by atoms with Gasteiger partial charge in [-0.05, 0) is 36.8 Å². The standard InChI is InChI=1S/C20H20BrN3O3/c1-3-10-27-18-9-8-16(21)11-15(18)12-23-24-19(25)13-22-20(26)17-7-5-4-6-14(17)2/h3-9,11-12H,1,10,13H2,2H3,(H,22,26)(H,24,25)/b23-12+. The van der Waals surface area contributed by atoms with Crippen molar-refractivity contribution >= 4 is 34.0 Å². The number of carbonyl (C=O) groups excluding carboxylic acids is 2. The van der Waals surface area contributed by atoms with E-state index >= 15 is 0 Å². The molecular weight excluding hydrogens is 410 g/mol. The quantitative estimate of drug-likeness (QED) is 0.384. The third kappa shape index (κ3) is 6.38. The van der Waals surface area contributed by atoms with Crippen LogP contribution in [0.15, 0.2) is 64.7 Å².